The molecular weight excluding hydrogens is 111 g/mol. The molecule has 1 rings (SSSR count). The summed E-state index contributed by atoms with van der Waals surface area (Å²) in [6, 6.07) is 0. The molecule has 1 N–H and O–H groups in total. The number of hydrogen-bond acceptors (Lipinski definition) is 1. The summed E-state index contributed by atoms with van der Waals surface area (Å²) in [5.41, 5.74) is 0. The predicted octanol–water partition coefficient (Wildman–Crippen LogP) is -1.57. The van der Waals surface area contributed by atoms with E-state index in [1.54, 1.807) is 0 Å². The SMILES string of the molecule is OC1CCCCC1.[H-].[Na+]. The second-order valence-electron chi connectivity index (χ2n) is 2.29. The van der Waals surface area contributed by atoms with Crippen molar-refractivity contribution in [2.75, 3.05) is 0 Å². The van der Waals surface area contributed by atoms with Crippen LogP contribution in [0.25, 0.3) is 0 Å². The topological polar surface area (TPSA) is 20.2 Å². The standard InChI is InChI=1S/C6H12O.Na.H/c7-6-4-2-1-3-5-6;;/h6-7H,1-5H2;;/q;+1;-1. The minimum atomic E-state index is 0. The molecule has 1 aliphatic rings. The zero-order valence-corrected chi connectivity index (χ0v) is 7.56. The van der Waals surface area contributed by atoms with Crippen molar-refractivity contribution in [1.82, 2.24) is 0 Å². The van der Waals surface area contributed by atoms with Crippen molar-refractivity contribution in [3.05, 3.63) is 0 Å². The van der Waals surface area contributed by atoms with Crippen molar-refractivity contribution in [2.24, 2.45) is 0 Å². The Hall–Kier alpha value is 0.960. The molecule has 1 aliphatic carbocycles. The van der Waals surface area contributed by atoms with E-state index in [-0.39, 0.29) is 37.1 Å². The summed E-state index contributed by atoms with van der Waals surface area (Å²) in [4.78, 5) is 0. The summed E-state index contributed by atoms with van der Waals surface area (Å²) in [5.74, 6) is 0. The van der Waals surface area contributed by atoms with Crippen LogP contribution in [0.5, 0.6) is 0 Å². The van der Waals surface area contributed by atoms with E-state index in [0.717, 1.165) is 12.8 Å². The molecule has 44 valence electrons. The van der Waals surface area contributed by atoms with Gasteiger partial charge in [-0.2, -0.15) is 0 Å². The summed E-state index contributed by atoms with van der Waals surface area (Å²) in [5, 5.41) is 8.91. The summed E-state index contributed by atoms with van der Waals surface area (Å²) in [6.45, 7) is 0. The number of rotatable bonds is 0. The molecule has 0 aromatic heterocycles. The molecule has 0 radical (unpaired) electrons. The molecule has 1 nitrogen and oxygen atoms in total. The molecule has 0 spiro atoms. The Morgan fingerprint density at radius 1 is 1.12 bits per heavy atom. The van der Waals surface area contributed by atoms with Gasteiger partial charge in [0.1, 0.15) is 0 Å². The Kier molecular flexibility index (Phi) is 5.38. The molecular formula is C6H13NaO. The van der Waals surface area contributed by atoms with Gasteiger partial charge in [-0.25, -0.2) is 0 Å². The monoisotopic (exact) mass is 124 g/mol. The second-order valence-corrected chi connectivity index (χ2v) is 2.29. The van der Waals surface area contributed by atoms with E-state index in [9.17, 15) is 0 Å². The molecule has 0 unspecified atom stereocenters. The zero-order valence-electron chi connectivity index (χ0n) is 6.56. The van der Waals surface area contributed by atoms with Crippen LogP contribution in [0.4, 0.5) is 0 Å². The summed E-state index contributed by atoms with van der Waals surface area (Å²) in [7, 11) is 0. The maximum absolute atomic E-state index is 8.91. The smallest absolute Gasteiger partial charge is 1.00 e. The molecule has 0 saturated heterocycles. The molecule has 0 amide bonds. The van der Waals surface area contributed by atoms with Gasteiger partial charge in [0.15, 0.2) is 0 Å². The van der Waals surface area contributed by atoms with Crippen LogP contribution >= 0.6 is 0 Å². The first-order chi connectivity index (χ1) is 3.39. The van der Waals surface area contributed by atoms with E-state index >= 15 is 0 Å². The van der Waals surface area contributed by atoms with E-state index in [1.165, 1.54) is 19.3 Å². The fourth-order valence-corrected chi connectivity index (χ4v) is 1.08. The Labute approximate surface area is 74.3 Å². The summed E-state index contributed by atoms with van der Waals surface area (Å²) >= 11 is 0. The fourth-order valence-electron chi connectivity index (χ4n) is 1.08. The van der Waals surface area contributed by atoms with Crippen LogP contribution < -0.4 is 29.6 Å². The molecule has 1 saturated carbocycles. The minimum absolute atomic E-state index is 0. The van der Waals surface area contributed by atoms with E-state index in [2.05, 4.69) is 0 Å². The minimum Gasteiger partial charge on any atom is -1.00 e. The average molecular weight is 124 g/mol. The Morgan fingerprint density at radius 3 is 1.88 bits per heavy atom. The molecule has 8 heavy (non-hydrogen) atoms. The van der Waals surface area contributed by atoms with Crippen LogP contribution in [0, 0.1) is 0 Å². The Morgan fingerprint density at radius 2 is 1.62 bits per heavy atom. The predicted molar refractivity (Wildman–Crippen MR) is 30.2 cm³/mol. The van der Waals surface area contributed by atoms with Crippen LogP contribution in [0.3, 0.4) is 0 Å². The first kappa shape index (κ1) is 8.96. The van der Waals surface area contributed by atoms with Gasteiger partial charge in [-0.15, -0.1) is 0 Å². The molecule has 1 fully saturated rings. The van der Waals surface area contributed by atoms with Crippen LogP contribution in [-0.2, 0) is 0 Å². The number of aliphatic hydroxyl groups excluding tert-OH is 1. The van der Waals surface area contributed by atoms with Crippen molar-refractivity contribution in [1.29, 1.82) is 0 Å². The fraction of sp³-hybridized carbons (Fsp3) is 1.00. The Balaban J connectivity index is 0. The van der Waals surface area contributed by atoms with Crippen molar-refractivity contribution < 1.29 is 36.1 Å². The third kappa shape index (κ3) is 3.08. The molecule has 0 aliphatic heterocycles. The second kappa shape index (κ2) is 4.80. The maximum atomic E-state index is 8.91. The molecule has 0 atom stereocenters. The van der Waals surface area contributed by atoms with Gasteiger partial charge in [0.2, 0.25) is 0 Å². The molecule has 2 heteroatoms. The van der Waals surface area contributed by atoms with Crippen molar-refractivity contribution in [2.45, 2.75) is 38.2 Å². The van der Waals surface area contributed by atoms with E-state index in [1.807, 2.05) is 0 Å². The van der Waals surface area contributed by atoms with Crippen LogP contribution in [0.2, 0.25) is 0 Å². The quantitative estimate of drug-likeness (QED) is 0.387. The first-order valence-electron chi connectivity index (χ1n) is 3.07. The van der Waals surface area contributed by atoms with Gasteiger partial charge in [0.25, 0.3) is 0 Å². The maximum Gasteiger partial charge on any atom is 1.00 e. The van der Waals surface area contributed by atoms with Gasteiger partial charge in [-0.3, -0.25) is 0 Å². The van der Waals surface area contributed by atoms with E-state index in [4.69, 9.17) is 5.11 Å². The number of hydrogen-bond donors (Lipinski definition) is 1. The van der Waals surface area contributed by atoms with E-state index in [0.29, 0.717) is 0 Å². The van der Waals surface area contributed by atoms with Crippen LogP contribution in [0.1, 0.15) is 33.5 Å². The van der Waals surface area contributed by atoms with Crippen LogP contribution in [0.15, 0.2) is 0 Å². The van der Waals surface area contributed by atoms with Gasteiger partial charge >= 0.3 is 29.6 Å². The van der Waals surface area contributed by atoms with Crippen LogP contribution in [-0.4, -0.2) is 11.2 Å². The Bertz CT molecular complexity index is 55.0. The summed E-state index contributed by atoms with van der Waals surface area (Å²) in [6.07, 6.45) is 5.92. The van der Waals surface area contributed by atoms with Gasteiger partial charge in [0, 0.05) is 0 Å². The zero-order chi connectivity index (χ0) is 5.11. The van der Waals surface area contributed by atoms with Crippen molar-refractivity contribution >= 4 is 0 Å². The molecule has 0 aromatic rings. The normalized spacial score (nSPS) is 22.1. The molecule has 0 heterocycles. The largest absolute Gasteiger partial charge is 1.00 e. The summed E-state index contributed by atoms with van der Waals surface area (Å²) < 4.78 is 0. The van der Waals surface area contributed by atoms with Gasteiger partial charge < -0.3 is 6.53 Å². The van der Waals surface area contributed by atoms with Gasteiger partial charge in [0.05, 0.1) is 6.10 Å². The average Bonchev–Trinajstić information content (AvgIpc) is 1.69. The third-order valence-electron chi connectivity index (χ3n) is 1.57. The van der Waals surface area contributed by atoms with Gasteiger partial charge in [-0.1, -0.05) is 19.3 Å². The first-order valence-corrected chi connectivity index (χ1v) is 3.07. The van der Waals surface area contributed by atoms with Crippen molar-refractivity contribution in [3.63, 3.8) is 0 Å². The van der Waals surface area contributed by atoms with Gasteiger partial charge in [-0.05, 0) is 12.8 Å². The van der Waals surface area contributed by atoms with E-state index < -0.39 is 0 Å². The molecule has 0 aromatic carbocycles. The molecule has 0 bridgehead atoms. The third-order valence-corrected chi connectivity index (χ3v) is 1.57. The number of aliphatic hydroxyl groups is 1. The van der Waals surface area contributed by atoms with Crippen molar-refractivity contribution in [3.8, 4) is 0 Å².